The van der Waals surface area contributed by atoms with Crippen molar-refractivity contribution in [2.75, 3.05) is 31.9 Å². The number of furan rings is 1. The normalized spacial score (nSPS) is 15.5. The molecule has 0 spiro atoms. The molecule has 1 aliphatic rings. The molecule has 1 aliphatic heterocycles. The zero-order valence-corrected chi connectivity index (χ0v) is 19.1. The predicted molar refractivity (Wildman–Crippen MR) is 122 cm³/mol. The zero-order chi connectivity index (χ0) is 22.6. The minimum Gasteiger partial charge on any atom is -0.461 e. The second kappa shape index (κ2) is 9.72. The first-order valence-corrected chi connectivity index (χ1v) is 12.5. The van der Waals surface area contributed by atoms with Crippen LogP contribution < -0.4 is 0 Å². The Kier molecular flexibility index (Phi) is 6.77. The van der Waals surface area contributed by atoms with Gasteiger partial charge in [-0.25, -0.2) is 8.42 Å². The Bertz CT molecular complexity index is 1180. The largest absolute Gasteiger partial charge is 0.461 e. The molecule has 0 saturated carbocycles. The molecule has 3 aromatic rings. The highest BCUT2D eigenvalue weighted by molar-refractivity contribution is 7.99. The van der Waals surface area contributed by atoms with Crippen molar-refractivity contribution in [3.05, 3.63) is 59.7 Å². The molecule has 1 aromatic carbocycles. The number of benzene rings is 1. The average Bonchev–Trinajstić information content (AvgIpc) is 3.47. The fourth-order valence-electron chi connectivity index (χ4n) is 3.29. The Labute approximate surface area is 190 Å². The maximum atomic E-state index is 12.6. The molecule has 0 radical (unpaired) electrons. The Morgan fingerprint density at radius 3 is 2.53 bits per heavy atom. The van der Waals surface area contributed by atoms with Gasteiger partial charge in [0.25, 0.3) is 0 Å². The molecule has 1 amide bonds. The van der Waals surface area contributed by atoms with E-state index in [1.807, 2.05) is 37.4 Å². The van der Waals surface area contributed by atoms with Gasteiger partial charge < -0.3 is 13.9 Å². The van der Waals surface area contributed by atoms with E-state index in [1.54, 1.807) is 33.9 Å². The summed E-state index contributed by atoms with van der Waals surface area (Å²) in [5.74, 6) is 1.34. The molecule has 9 nitrogen and oxygen atoms in total. The quantitative estimate of drug-likeness (QED) is 0.485. The summed E-state index contributed by atoms with van der Waals surface area (Å²) in [5.41, 5.74) is 0.820. The summed E-state index contributed by atoms with van der Waals surface area (Å²) in [5, 5.41) is 10.1. The molecular weight excluding hydrogens is 450 g/mol. The lowest BCUT2D eigenvalue weighted by atomic mass is 10.2. The van der Waals surface area contributed by atoms with E-state index >= 15 is 0 Å². The van der Waals surface area contributed by atoms with Gasteiger partial charge in [0.05, 0.1) is 12.0 Å². The molecule has 0 unspecified atom stereocenters. The summed E-state index contributed by atoms with van der Waals surface area (Å²) in [7, 11) is -1.71. The number of thioether (sulfide) groups is 1. The minimum absolute atomic E-state index is 0.0607. The number of hydrogen-bond acceptors (Lipinski definition) is 7. The molecule has 4 rings (SSSR count). The highest BCUT2D eigenvalue weighted by Gasteiger charge is 2.27. The lowest BCUT2D eigenvalue weighted by Gasteiger charge is -2.33. The highest BCUT2D eigenvalue weighted by atomic mass is 32.2. The van der Waals surface area contributed by atoms with Crippen LogP contribution in [0.15, 0.2) is 63.7 Å². The Hall–Kier alpha value is -2.89. The maximum Gasteiger partial charge on any atom is 0.236 e. The topological polar surface area (TPSA) is 102 Å². The highest BCUT2D eigenvalue weighted by Crippen LogP contribution is 2.23. The van der Waals surface area contributed by atoms with E-state index in [4.69, 9.17) is 4.42 Å². The second-order valence-electron chi connectivity index (χ2n) is 7.17. The third-order valence-corrected chi connectivity index (χ3v) is 7.65. The minimum atomic E-state index is -3.53. The first kappa shape index (κ1) is 22.3. The molecule has 32 heavy (non-hydrogen) atoms. The molecule has 168 valence electrons. The molecule has 1 saturated heterocycles. The molecule has 1 fully saturated rings. The second-order valence-corrected chi connectivity index (χ2v) is 9.93. The van der Waals surface area contributed by atoms with Crippen molar-refractivity contribution >= 4 is 33.8 Å². The van der Waals surface area contributed by atoms with Crippen LogP contribution in [0.5, 0.6) is 0 Å². The van der Waals surface area contributed by atoms with Crippen molar-refractivity contribution in [3.63, 3.8) is 0 Å². The third-order valence-electron chi connectivity index (χ3n) is 5.08. The SMILES string of the molecule is Cn1c(SCC(=O)N2CCN(S(=O)(=O)/C=C/c3ccccc3)CC2)nnc1-c1ccco1. The first-order chi connectivity index (χ1) is 15.4. The molecule has 11 heteroatoms. The molecule has 2 aromatic heterocycles. The fourth-order valence-corrected chi connectivity index (χ4v) is 5.27. The van der Waals surface area contributed by atoms with Crippen LogP contribution in [0.3, 0.4) is 0 Å². The van der Waals surface area contributed by atoms with Gasteiger partial charge >= 0.3 is 0 Å². The molecule has 3 heterocycles. The number of carbonyl (C=O) groups excluding carboxylic acids is 1. The third kappa shape index (κ3) is 5.12. The van der Waals surface area contributed by atoms with Crippen LogP contribution in [0.4, 0.5) is 0 Å². The summed E-state index contributed by atoms with van der Waals surface area (Å²) in [6.45, 7) is 1.25. The van der Waals surface area contributed by atoms with Crippen molar-refractivity contribution in [1.29, 1.82) is 0 Å². The zero-order valence-electron chi connectivity index (χ0n) is 17.5. The smallest absolute Gasteiger partial charge is 0.236 e. The predicted octanol–water partition coefficient (Wildman–Crippen LogP) is 2.31. The lowest BCUT2D eigenvalue weighted by Crippen LogP contribution is -2.50. The van der Waals surface area contributed by atoms with Crippen LogP contribution in [-0.2, 0) is 21.9 Å². The van der Waals surface area contributed by atoms with Gasteiger partial charge in [0, 0.05) is 38.6 Å². The van der Waals surface area contributed by atoms with Crippen LogP contribution in [0, 0.1) is 0 Å². The standard InChI is InChI=1S/C21H23N5O4S2/c1-24-20(18-8-5-14-30-18)22-23-21(24)31-16-19(27)25-10-12-26(13-11-25)32(28,29)15-9-17-6-3-2-4-7-17/h2-9,14-15H,10-13,16H2,1H3/b15-9+. The number of carbonyl (C=O) groups is 1. The Morgan fingerprint density at radius 2 is 1.84 bits per heavy atom. The van der Waals surface area contributed by atoms with E-state index in [-0.39, 0.29) is 24.7 Å². The van der Waals surface area contributed by atoms with Crippen LogP contribution >= 0.6 is 11.8 Å². The number of nitrogens with zero attached hydrogens (tertiary/aromatic N) is 5. The van der Waals surface area contributed by atoms with E-state index in [9.17, 15) is 13.2 Å². The van der Waals surface area contributed by atoms with Crippen molar-refractivity contribution in [3.8, 4) is 11.6 Å². The Balaban J connectivity index is 1.29. The van der Waals surface area contributed by atoms with Gasteiger partial charge in [0.15, 0.2) is 16.7 Å². The van der Waals surface area contributed by atoms with Crippen LogP contribution in [0.25, 0.3) is 17.7 Å². The van der Waals surface area contributed by atoms with Crippen molar-refractivity contribution in [2.24, 2.45) is 7.05 Å². The van der Waals surface area contributed by atoms with Gasteiger partial charge in [-0.2, -0.15) is 4.31 Å². The first-order valence-electron chi connectivity index (χ1n) is 10.0. The summed E-state index contributed by atoms with van der Waals surface area (Å²) >= 11 is 1.29. The van der Waals surface area contributed by atoms with Gasteiger partial charge in [0.2, 0.25) is 15.9 Å². The number of amides is 1. The van der Waals surface area contributed by atoms with Gasteiger partial charge in [-0.1, -0.05) is 42.1 Å². The summed E-state index contributed by atoms with van der Waals surface area (Å²) in [4.78, 5) is 14.3. The number of piperazine rings is 1. The average molecular weight is 474 g/mol. The number of hydrogen-bond donors (Lipinski definition) is 0. The molecule has 0 N–H and O–H groups in total. The summed E-state index contributed by atoms with van der Waals surface area (Å²) in [6, 6.07) is 12.8. The van der Waals surface area contributed by atoms with E-state index in [1.165, 1.54) is 21.5 Å². The maximum absolute atomic E-state index is 12.6. The van der Waals surface area contributed by atoms with Gasteiger partial charge in [-0.05, 0) is 23.8 Å². The lowest BCUT2D eigenvalue weighted by molar-refractivity contribution is -0.129. The number of rotatable bonds is 7. The van der Waals surface area contributed by atoms with Gasteiger partial charge in [-0.3, -0.25) is 4.79 Å². The van der Waals surface area contributed by atoms with Crippen LogP contribution in [-0.4, -0.2) is 70.2 Å². The number of aromatic nitrogens is 3. The summed E-state index contributed by atoms with van der Waals surface area (Å²) < 4.78 is 33.7. The van der Waals surface area contributed by atoms with Crippen molar-refractivity contribution in [1.82, 2.24) is 24.0 Å². The molecular formula is C21H23N5O4S2. The summed E-state index contributed by atoms with van der Waals surface area (Å²) in [6.07, 6.45) is 3.15. The monoisotopic (exact) mass is 473 g/mol. The van der Waals surface area contributed by atoms with E-state index in [0.29, 0.717) is 29.8 Å². The van der Waals surface area contributed by atoms with Crippen molar-refractivity contribution in [2.45, 2.75) is 5.16 Å². The molecule has 0 atom stereocenters. The van der Waals surface area contributed by atoms with Crippen LogP contribution in [0.1, 0.15) is 5.56 Å². The van der Waals surface area contributed by atoms with E-state index in [0.717, 1.165) is 5.56 Å². The van der Waals surface area contributed by atoms with E-state index in [2.05, 4.69) is 10.2 Å². The van der Waals surface area contributed by atoms with Gasteiger partial charge in [0.1, 0.15) is 0 Å². The molecule has 0 bridgehead atoms. The number of sulfonamides is 1. The fraction of sp³-hybridized carbons (Fsp3) is 0.286. The Morgan fingerprint density at radius 1 is 1.09 bits per heavy atom. The molecule has 0 aliphatic carbocycles. The van der Waals surface area contributed by atoms with Gasteiger partial charge in [-0.15, -0.1) is 10.2 Å². The van der Waals surface area contributed by atoms with Crippen LogP contribution in [0.2, 0.25) is 0 Å². The van der Waals surface area contributed by atoms with E-state index < -0.39 is 10.0 Å². The van der Waals surface area contributed by atoms with Crippen molar-refractivity contribution < 1.29 is 17.6 Å².